The molecule has 4 rings (SSSR count). The third-order valence-electron chi connectivity index (χ3n) is 6.14. The van der Waals surface area contributed by atoms with Crippen LogP contribution < -0.4 is 11.1 Å². The Labute approximate surface area is 198 Å². The third kappa shape index (κ3) is 5.20. The minimum Gasteiger partial charge on any atom is -0.467 e. The molecule has 1 aliphatic heterocycles. The SMILES string of the molecule is Cc1ccc(NC(=O)N2CCN(CC(=O)c3cc(C(N)=O)c(C)n3Cc3ccco3)CC2)cc1. The van der Waals surface area contributed by atoms with Crippen LogP contribution >= 0.6 is 0 Å². The quantitative estimate of drug-likeness (QED) is 0.523. The Balaban J connectivity index is 1.38. The fourth-order valence-corrected chi connectivity index (χ4v) is 4.12. The molecule has 3 heterocycles. The van der Waals surface area contributed by atoms with Gasteiger partial charge in [0.1, 0.15) is 5.76 Å². The van der Waals surface area contributed by atoms with Gasteiger partial charge in [0, 0.05) is 37.6 Å². The first-order valence-electron chi connectivity index (χ1n) is 11.2. The highest BCUT2D eigenvalue weighted by molar-refractivity contribution is 6.01. The lowest BCUT2D eigenvalue weighted by Gasteiger charge is -2.34. The average molecular weight is 464 g/mol. The summed E-state index contributed by atoms with van der Waals surface area (Å²) in [6.45, 7) is 6.48. The zero-order chi connectivity index (χ0) is 24.2. The van der Waals surface area contributed by atoms with E-state index in [9.17, 15) is 14.4 Å². The summed E-state index contributed by atoms with van der Waals surface area (Å²) in [5, 5.41) is 2.91. The smallest absolute Gasteiger partial charge is 0.321 e. The second kappa shape index (κ2) is 9.96. The zero-order valence-corrected chi connectivity index (χ0v) is 19.4. The Morgan fingerprint density at radius 2 is 1.74 bits per heavy atom. The molecule has 0 aliphatic carbocycles. The molecule has 2 aromatic heterocycles. The number of ketones is 1. The van der Waals surface area contributed by atoms with Crippen molar-refractivity contribution in [1.29, 1.82) is 0 Å². The Hall–Kier alpha value is -3.85. The number of aromatic nitrogens is 1. The zero-order valence-electron chi connectivity index (χ0n) is 19.4. The first kappa shape index (κ1) is 23.3. The number of aryl methyl sites for hydroxylation is 1. The molecule has 1 fully saturated rings. The number of carbonyl (C=O) groups excluding carboxylic acids is 3. The van der Waals surface area contributed by atoms with E-state index in [1.54, 1.807) is 34.8 Å². The van der Waals surface area contributed by atoms with E-state index >= 15 is 0 Å². The van der Waals surface area contributed by atoms with E-state index in [0.29, 0.717) is 55.4 Å². The van der Waals surface area contributed by atoms with E-state index in [-0.39, 0.29) is 18.4 Å². The van der Waals surface area contributed by atoms with Crippen LogP contribution in [0.4, 0.5) is 10.5 Å². The van der Waals surface area contributed by atoms with Crippen LogP contribution in [0.3, 0.4) is 0 Å². The summed E-state index contributed by atoms with van der Waals surface area (Å²) >= 11 is 0. The van der Waals surface area contributed by atoms with Crippen LogP contribution in [0, 0.1) is 13.8 Å². The summed E-state index contributed by atoms with van der Waals surface area (Å²) in [5.74, 6) is -0.00497. The van der Waals surface area contributed by atoms with Gasteiger partial charge in [-0.3, -0.25) is 14.5 Å². The van der Waals surface area contributed by atoms with E-state index in [1.165, 1.54) is 0 Å². The van der Waals surface area contributed by atoms with Gasteiger partial charge in [0.05, 0.1) is 30.6 Å². The van der Waals surface area contributed by atoms with Crippen LogP contribution in [-0.2, 0) is 6.54 Å². The summed E-state index contributed by atoms with van der Waals surface area (Å²) in [7, 11) is 0. The normalized spacial score (nSPS) is 14.2. The number of amides is 3. The number of nitrogens with zero attached hydrogens (tertiary/aromatic N) is 3. The van der Waals surface area contributed by atoms with Crippen molar-refractivity contribution in [2.75, 3.05) is 38.0 Å². The first-order chi connectivity index (χ1) is 16.3. The van der Waals surface area contributed by atoms with Gasteiger partial charge in [0.25, 0.3) is 5.91 Å². The molecule has 1 aliphatic rings. The Morgan fingerprint density at radius 1 is 1.03 bits per heavy atom. The van der Waals surface area contributed by atoms with Gasteiger partial charge in [-0.1, -0.05) is 17.7 Å². The Kier molecular flexibility index (Phi) is 6.83. The molecule has 3 N–H and O–H groups in total. The van der Waals surface area contributed by atoms with Crippen LogP contribution in [0.5, 0.6) is 0 Å². The van der Waals surface area contributed by atoms with E-state index in [2.05, 4.69) is 5.32 Å². The standard InChI is InChI=1S/C25H29N5O4/c1-17-5-7-19(8-6-17)27-25(33)29-11-9-28(10-12-29)16-23(31)22-14-21(24(26)32)18(2)30(22)15-20-4-3-13-34-20/h3-8,13-14H,9-12,15-16H2,1-2H3,(H2,26,32)(H,27,33). The summed E-state index contributed by atoms with van der Waals surface area (Å²) in [6.07, 6.45) is 1.57. The number of hydrogen-bond donors (Lipinski definition) is 2. The van der Waals surface area contributed by atoms with Crippen LogP contribution in [0.15, 0.2) is 53.1 Å². The van der Waals surface area contributed by atoms with Gasteiger partial charge < -0.3 is 24.9 Å². The average Bonchev–Trinajstić information content (AvgIpc) is 3.44. The highest BCUT2D eigenvalue weighted by atomic mass is 16.3. The monoisotopic (exact) mass is 463 g/mol. The molecule has 3 amide bonds. The number of piperazine rings is 1. The second-order valence-corrected chi connectivity index (χ2v) is 8.54. The van der Waals surface area contributed by atoms with Gasteiger partial charge in [-0.2, -0.15) is 0 Å². The predicted octanol–water partition coefficient (Wildman–Crippen LogP) is 2.88. The molecule has 0 saturated carbocycles. The number of benzene rings is 1. The maximum absolute atomic E-state index is 13.2. The number of Topliss-reactive ketones (excluding diaryl/α,β-unsaturated/α-hetero) is 1. The highest BCUT2D eigenvalue weighted by Gasteiger charge is 2.26. The van der Waals surface area contributed by atoms with Gasteiger partial charge >= 0.3 is 6.03 Å². The van der Waals surface area contributed by atoms with Gasteiger partial charge in [0.2, 0.25) is 0 Å². The highest BCUT2D eigenvalue weighted by Crippen LogP contribution is 2.19. The van der Waals surface area contributed by atoms with Crippen molar-refractivity contribution >= 4 is 23.4 Å². The fraction of sp³-hybridized carbons (Fsp3) is 0.320. The van der Waals surface area contributed by atoms with Gasteiger partial charge in [0.15, 0.2) is 5.78 Å². The van der Waals surface area contributed by atoms with Crippen molar-refractivity contribution in [3.8, 4) is 0 Å². The van der Waals surface area contributed by atoms with Crippen molar-refractivity contribution in [1.82, 2.24) is 14.4 Å². The molecule has 34 heavy (non-hydrogen) atoms. The molecule has 0 spiro atoms. The number of hydrogen-bond acceptors (Lipinski definition) is 5. The fourth-order valence-electron chi connectivity index (χ4n) is 4.12. The molecule has 1 saturated heterocycles. The van der Waals surface area contributed by atoms with E-state index < -0.39 is 5.91 Å². The van der Waals surface area contributed by atoms with Crippen molar-refractivity contribution in [3.05, 3.63) is 77.0 Å². The lowest BCUT2D eigenvalue weighted by atomic mass is 10.2. The first-order valence-corrected chi connectivity index (χ1v) is 11.2. The number of nitrogens with one attached hydrogen (secondary N) is 1. The van der Waals surface area contributed by atoms with Crippen LogP contribution in [0.2, 0.25) is 0 Å². The molecule has 9 heteroatoms. The molecule has 178 valence electrons. The maximum atomic E-state index is 13.2. The number of anilines is 1. The summed E-state index contributed by atoms with van der Waals surface area (Å²) < 4.78 is 7.20. The van der Waals surface area contributed by atoms with E-state index in [4.69, 9.17) is 10.2 Å². The molecule has 0 bridgehead atoms. The lowest BCUT2D eigenvalue weighted by Crippen LogP contribution is -2.51. The predicted molar refractivity (Wildman–Crippen MR) is 128 cm³/mol. The Bertz CT molecular complexity index is 1170. The number of nitrogens with two attached hydrogens (primary N) is 1. The van der Waals surface area contributed by atoms with Gasteiger partial charge in [-0.05, 0) is 44.2 Å². The number of rotatable bonds is 7. The molecule has 0 atom stereocenters. The minimum atomic E-state index is -0.571. The molecular formula is C25H29N5O4. The topological polar surface area (TPSA) is 114 Å². The van der Waals surface area contributed by atoms with Crippen molar-refractivity contribution < 1.29 is 18.8 Å². The minimum absolute atomic E-state index is 0.111. The van der Waals surface area contributed by atoms with Crippen molar-refractivity contribution in [3.63, 3.8) is 0 Å². The van der Waals surface area contributed by atoms with Crippen LogP contribution in [-0.4, -0.2) is 64.8 Å². The van der Waals surface area contributed by atoms with Crippen molar-refractivity contribution in [2.45, 2.75) is 20.4 Å². The summed E-state index contributed by atoms with van der Waals surface area (Å²) in [4.78, 5) is 41.4. The maximum Gasteiger partial charge on any atom is 0.321 e. The van der Waals surface area contributed by atoms with E-state index in [1.807, 2.05) is 42.2 Å². The van der Waals surface area contributed by atoms with Crippen LogP contribution in [0.1, 0.15) is 37.9 Å². The molecule has 9 nitrogen and oxygen atoms in total. The Morgan fingerprint density at radius 3 is 2.35 bits per heavy atom. The molecule has 0 unspecified atom stereocenters. The van der Waals surface area contributed by atoms with Gasteiger partial charge in [-0.25, -0.2) is 4.79 Å². The number of furan rings is 1. The third-order valence-corrected chi connectivity index (χ3v) is 6.14. The van der Waals surface area contributed by atoms with E-state index in [0.717, 1.165) is 11.3 Å². The molecule has 1 aromatic carbocycles. The molecule has 3 aromatic rings. The largest absolute Gasteiger partial charge is 0.467 e. The number of carbonyl (C=O) groups is 3. The van der Waals surface area contributed by atoms with Crippen molar-refractivity contribution in [2.24, 2.45) is 5.73 Å². The number of primary amides is 1. The summed E-state index contributed by atoms with van der Waals surface area (Å²) in [5.41, 5.74) is 8.78. The second-order valence-electron chi connectivity index (χ2n) is 8.54. The lowest BCUT2D eigenvalue weighted by molar-refractivity contribution is 0.0874. The number of urea groups is 1. The molecule has 0 radical (unpaired) electrons. The van der Waals surface area contributed by atoms with Gasteiger partial charge in [-0.15, -0.1) is 0 Å². The molecular weight excluding hydrogens is 434 g/mol. The van der Waals surface area contributed by atoms with Crippen LogP contribution in [0.25, 0.3) is 0 Å². The summed E-state index contributed by atoms with van der Waals surface area (Å²) in [6, 6.07) is 12.7.